The summed E-state index contributed by atoms with van der Waals surface area (Å²) in [5, 5.41) is 0. The Morgan fingerprint density at radius 2 is 1.05 bits per heavy atom. The van der Waals surface area contributed by atoms with E-state index in [1.54, 1.807) is 0 Å². The lowest BCUT2D eigenvalue weighted by Crippen LogP contribution is -2.09. The lowest BCUT2D eigenvalue weighted by molar-refractivity contribution is 1.13. The Bertz CT molecular complexity index is 698. The molecule has 0 aliphatic rings. The first kappa shape index (κ1) is 14.4. The predicted octanol–water partition coefficient (Wildman–Crippen LogP) is 5.40. The Morgan fingerprint density at radius 3 is 1.41 bits per heavy atom. The lowest BCUT2D eigenvalue weighted by atomic mass is 9.92. The molecule has 0 aliphatic carbocycles. The van der Waals surface area contributed by atoms with E-state index in [-0.39, 0.29) is 0 Å². The second kappa shape index (κ2) is 6.07. The van der Waals surface area contributed by atoms with Crippen LogP contribution in [-0.4, -0.2) is 14.1 Å². The van der Waals surface area contributed by atoms with E-state index in [1.807, 2.05) is 0 Å². The second-order valence-corrected chi connectivity index (χ2v) is 5.79. The van der Waals surface area contributed by atoms with Crippen LogP contribution < -0.4 is 4.90 Å². The third-order valence-electron chi connectivity index (χ3n) is 4.08. The third-order valence-corrected chi connectivity index (χ3v) is 4.08. The van der Waals surface area contributed by atoms with Crippen LogP contribution in [0.3, 0.4) is 0 Å². The molecule has 110 valence electrons. The third kappa shape index (κ3) is 2.75. The van der Waals surface area contributed by atoms with Crippen molar-refractivity contribution in [2.75, 3.05) is 19.0 Å². The molecule has 0 atom stereocenters. The second-order valence-electron chi connectivity index (χ2n) is 5.79. The maximum absolute atomic E-state index is 2.27. The number of hydrogen-bond donors (Lipinski definition) is 0. The van der Waals surface area contributed by atoms with E-state index >= 15 is 0 Å². The van der Waals surface area contributed by atoms with Crippen molar-refractivity contribution in [3.63, 3.8) is 0 Å². The molecule has 0 saturated carbocycles. The highest BCUT2D eigenvalue weighted by molar-refractivity contribution is 5.82. The molecule has 0 aliphatic heterocycles. The molecule has 0 heterocycles. The molecule has 0 aromatic heterocycles. The van der Waals surface area contributed by atoms with Gasteiger partial charge in [0.1, 0.15) is 0 Å². The van der Waals surface area contributed by atoms with Crippen LogP contribution in [-0.2, 0) is 0 Å². The van der Waals surface area contributed by atoms with Gasteiger partial charge in [-0.2, -0.15) is 0 Å². The van der Waals surface area contributed by atoms with Crippen molar-refractivity contribution >= 4 is 5.69 Å². The highest BCUT2D eigenvalue weighted by Gasteiger charge is 2.11. The van der Waals surface area contributed by atoms with E-state index in [0.717, 1.165) is 0 Å². The van der Waals surface area contributed by atoms with Crippen LogP contribution in [0, 0.1) is 6.92 Å². The molecular formula is C21H21N. The summed E-state index contributed by atoms with van der Waals surface area (Å²) in [5.74, 6) is 0. The molecule has 0 amide bonds. The van der Waals surface area contributed by atoms with E-state index in [4.69, 9.17) is 0 Å². The zero-order chi connectivity index (χ0) is 15.5. The van der Waals surface area contributed by atoms with Crippen molar-refractivity contribution in [2.45, 2.75) is 6.92 Å². The van der Waals surface area contributed by atoms with Gasteiger partial charge in [-0.1, -0.05) is 60.7 Å². The van der Waals surface area contributed by atoms with Gasteiger partial charge >= 0.3 is 0 Å². The van der Waals surface area contributed by atoms with Crippen LogP contribution in [0.5, 0.6) is 0 Å². The van der Waals surface area contributed by atoms with Gasteiger partial charge in [0.15, 0.2) is 0 Å². The summed E-state index contributed by atoms with van der Waals surface area (Å²) >= 11 is 0. The largest absolute Gasteiger partial charge is 0.378 e. The average Bonchev–Trinajstić information content (AvgIpc) is 2.56. The van der Waals surface area contributed by atoms with Crippen LogP contribution in [0.4, 0.5) is 5.69 Å². The average molecular weight is 287 g/mol. The standard InChI is InChI=1S/C21H21N/c1-16-20(17-10-6-4-7-11-17)14-19(22(2)3)15-21(16)18-12-8-5-9-13-18/h4-15H,1-3H3. The first-order valence-corrected chi connectivity index (χ1v) is 7.59. The molecule has 3 aromatic carbocycles. The molecule has 0 radical (unpaired) electrons. The lowest BCUT2D eigenvalue weighted by Gasteiger charge is -2.19. The summed E-state index contributed by atoms with van der Waals surface area (Å²) in [6.45, 7) is 2.21. The molecule has 0 fully saturated rings. The summed E-state index contributed by atoms with van der Waals surface area (Å²) in [7, 11) is 4.18. The SMILES string of the molecule is Cc1c(-c2ccccc2)cc(N(C)C)cc1-c1ccccc1. The number of benzene rings is 3. The Morgan fingerprint density at radius 1 is 0.636 bits per heavy atom. The molecule has 22 heavy (non-hydrogen) atoms. The topological polar surface area (TPSA) is 3.24 Å². The van der Waals surface area contributed by atoms with Gasteiger partial charge in [0.25, 0.3) is 0 Å². The molecule has 0 N–H and O–H groups in total. The molecule has 3 aromatic rings. The summed E-state index contributed by atoms with van der Waals surface area (Å²) in [6.07, 6.45) is 0. The maximum atomic E-state index is 2.27. The van der Waals surface area contributed by atoms with Crippen molar-refractivity contribution in [1.29, 1.82) is 0 Å². The molecule has 0 saturated heterocycles. The van der Waals surface area contributed by atoms with Gasteiger partial charge in [0, 0.05) is 19.8 Å². The quantitative estimate of drug-likeness (QED) is 0.624. The van der Waals surface area contributed by atoms with Crippen LogP contribution in [0.15, 0.2) is 72.8 Å². The number of nitrogens with zero attached hydrogens (tertiary/aromatic N) is 1. The van der Waals surface area contributed by atoms with Gasteiger partial charge in [0.05, 0.1) is 0 Å². The summed E-state index contributed by atoms with van der Waals surface area (Å²) in [6, 6.07) is 25.8. The normalized spacial score (nSPS) is 10.5. The molecule has 3 rings (SSSR count). The highest BCUT2D eigenvalue weighted by Crippen LogP contribution is 2.35. The molecule has 0 unspecified atom stereocenters. The Hall–Kier alpha value is -2.54. The van der Waals surface area contributed by atoms with E-state index in [0.29, 0.717) is 0 Å². The van der Waals surface area contributed by atoms with E-state index in [9.17, 15) is 0 Å². The number of anilines is 1. The van der Waals surface area contributed by atoms with Gasteiger partial charge in [-0.05, 0) is 46.9 Å². The van der Waals surface area contributed by atoms with Crippen molar-refractivity contribution in [2.24, 2.45) is 0 Å². The van der Waals surface area contributed by atoms with Crippen LogP contribution >= 0.6 is 0 Å². The van der Waals surface area contributed by atoms with Crippen LogP contribution in [0.25, 0.3) is 22.3 Å². The number of hydrogen-bond acceptors (Lipinski definition) is 1. The first-order valence-electron chi connectivity index (χ1n) is 7.59. The molecule has 0 bridgehead atoms. The molecule has 0 spiro atoms. The Kier molecular flexibility index (Phi) is 3.97. The van der Waals surface area contributed by atoms with E-state index < -0.39 is 0 Å². The maximum Gasteiger partial charge on any atom is 0.0373 e. The number of rotatable bonds is 3. The van der Waals surface area contributed by atoms with Gasteiger partial charge in [-0.15, -0.1) is 0 Å². The zero-order valence-corrected chi connectivity index (χ0v) is 13.4. The predicted molar refractivity (Wildman–Crippen MR) is 96.4 cm³/mol. The Labute approximate surface area is 132 Å². The summed E-state index contributed by atoms with van der Waals surface area (Å²) in [4.78, 5) is 2.16. The minimum atomic E-state index is 1.23. The molecular weight excluding hydrogens is 266 g/mol. The fourth-order valence-corrected chi connectivity index (χ4v) is 2.79. The molecule has 1 heteroatoms. The first-order chi connectivity index (χ1) is 10.7. The summed E-state index contributed by atoms with van der Waals surface area (Å²) in [5.41, 5.74) is 7.67. The van der Waals surface area contributed by atoms with Crippen LogP contribution in [0.1, 0.15) is 5.56 Å². The van der Waals surface area contributed by atoms with Gasteiger partial charge < -0.3 is 4.90 Å². The molecule has 1 nitrogen and oxygen atoms in total. The van der Waals surface area contributed by atoms with Crippen molar-refractivity contribution in [3.05, 3.63) is 78.4 Å². The van der Waals surface area contributed by atoms with E-state index in [2.05, 4.69) is 98.7 Å². The van der Waals surface area contributed by atoms with Crippen molar-refractivity contribution in [3.8, 4) is 22.3 Å². The highest BCUT2D eigenvalue weighted by atomic mass is 15.1. The minimum Gasteiger partial charge on any atom is -0.378 e. The zero-order valence-electron chi connectivity index (χ0n) is 13.4. The van der Waals surface area contributed by atoms with Crippen molar-refractivity contribution in [1.82, 2.24) is 0 Å². The van der Waals surface area contributed by atoms with Gasteiger partial charge in [-0.25, -0.2) is 0 Å². The van der Waals surface area contributed by atoms with Gasteiger partial charge in [-0.3, -0.25) is 0 Å². The monoisotopic (exact) mass is 287 g/mol. The smallest absolute Gasteiger partial charge is 0.0373 e. The summed E-state index contributed by atoms with van der Waals surface area (Å²) < 4.78 is 0. The van der Waals surface area contributed by atoms with E-state index in [1.165, 1.54) is 33.5 Å². The van der Waals surface area contributed by atoms with Crippen molar-refractivity contribution < 1.29 is 0 Å². The minimum absolute atomic E-state index is 1.23. The van der Waals surface area contributed by atoms with Gasteiger partial charge in [0.2, 0.25) is 0 Å². The fraction of sp³-hybridized carbons (Fsp3) is 0.143. The Balaban J connectivity index is 2.25. The van der Waals surface area contributed by atoms with Crippen LogP contribution in [0.2, 0.25) is 0 Å². The fourth-order valence-electron chi connectivity index (χ4n) is 2.79.